The molecule has 1 atom stereocenters. The van der Waals surface area contributed by atoms with Crippen molar-refractivity contribution in [2.45, 2.75) is 19.9 Å². The molecule has 0 amide bonds. The molecule has 2 aromatic carbocycles. The van der Waals surface area contributed by atoms with Crippen LogP contribution in [-0.2, 0) is 0 Å². The fourth-order valence-electron chi connectivity index (χ4n) is 1.99. The van der Waals surface area contributed by atoms with E-state index in [1.165, 1.54) is 10.8 Å². The summed E-state index contributed by atoms with van der Waals surface area (Å²) >= 11 is 0. The van der Waals surface area contributed by atoms with E-state index in [4.69, 9.17) is 5.73 Å². The third kappa shape index (κ3) is 2.77. The molecule has 3 N–H and O–H groups in total. The lowest BCUT2D eigenvalue weighted by Crippen LogP contribution is -2.33. The number of nitrogens with one attached hydrogen (secondary N) is 1. The number of hydrogen-bond acceptors (Lipinski definition) is 2. The van der Waals surface area contributed by atoms with Crippen molar-refractivity contribution < 1.29 is 0 Å². The summed E-state index contributed by atoms with van der Waals surface area (Å²) in [7, 11) is 0. The van der Waals surface area contributed by atoms with E-state index < -0.39 is 0 Å². The van der Waals surface area contributed by atoms with Gasteiger partial charge in [-0.2, -0.15) is 0 Å². The van der Waals surface area contributed by atoms with Gasteiger partial charge in [-0.15, -0.1) is 0 Å². The van der Waals surface area contributed by atoms with Crippen molar-refractivity contribution in [2.24, 2.45) is 11.7 Å². The zero-order valence-corrected chi connectivity index (χ0v) is 10.5. The highest BCUT2D eigenvalue weighted by Crippen LogP contribution is 2.20. The van der Waals surface area contributed by atoms with Gasteiger partial charge in [0.1, 0.15) is 0 Å². The standard InChI is InChI=1S/C15H20N2/c1-11(2)15(10-16)17-14-8-7-12-5-3-4-6-13(12)9-14/h3-9,11,15,17H,10,16H2,1-2H3. The molecule has 90 valence electrons. The minimum absolute atomic E-state index is 0.330. The molecule has 0 aromatic heterocycles. The molecule has 0 heterocycles. The average molecular weight is 228 g/mol. The summed E-state index contributed by atoms with van der Waals surface area (Å²) in [4.78, 5) is 0. The van der Waals surface area contributed by atoms with Gasteiger partial charge in [0.15, 0.2) is 0 Å². The van der Waals surface area contributed by atoms with Crippen molar-refractivity contribution >= 4 is 16.5 Å². The van der Waals surface area contributed by atoms with Crippen LogP contribution >= 0.6 is 0 Å². The molecule has 0 aliphatic heterocycles. The first-order valence-electron chi connectivity index (χ1n) is 6.16. The van der Waals surface area contributed by atoms with Gasteiger partial charge in [-0.1, -0.05) is 44.2 Å². The molecule has 2 rings (SSSR count). The predicted molar refractivity (Wildman–Crippen MR) is 75.3 cm³/mol. The Hall–Kier alpha value is -1.54. The second-order valence-electron chi connectivity index (χ2n) is 4.79. The van der Waals surface area contributed by atoms with Crippen LogP contribution < -0.4 is 11.1 Å². The number of hydrogen-bond donors (Lipinski definition) is 2. The third-order valence-electron chi connectivity index (χ3n) is 3.16. The SMILES string of the molecule is CC(C)C(CN)Nc1ccc2ccccc2c1. The molecule has 0 fully saturated rings. The largest absolute Gasteiger partial charge is 0.381 e. The first kappa shape index (κ1) is 11.9. The molecular formula is C15H20N2. The van der Waals surface area contributed by atoms with Crippen LogP contribution in [-0.4, -0.2) is 12.6 Å². The lowest BCUT2D eigenvalue weighted by molar-refractivity contribution is 0.531. The van der Waals surface area contributed by atoms with Crippen molar-refractivity contribution in [3.63, 3.8) is 0 Å². The lowest BCUT2D eigenvalue weighted by Gasteiger charge is -2.22. The summed E-state index contributed by atoms with van der Waals surface area (Å²) in [5.74, 6) is 0.534. The monoisotopic (exact) mass is 228 g/mol. The van der Waals surface area contributed by atoms with Crippen LogP contribution in [0.4, 0.5) is 5.69 Å². The van der Waals surface area contributed by atoms with E-state index in [2.05, 4.69) is 61.6 Å². The van der Waals surface area contributed by atoms with Gasteiger partial charge in [-0.05, 0) is 28.8 Å². The molecule has 0 aliphatic rings. The molecule has 17 heavy (non-hydrogen) atoms. The van der Waals surface area contributed by atoms with Crippen molar-refractivity contribution in [3.8, 4) is 0 Å². The van der Waals surface area contributed by atoms with Crippen LogP contribution in [0, 0.1) is 5.92 Å². The highest BCUT2D eigenvalue weighted by molar-refractivity contribution is 5.85. The van der Waals surface area contributed by atoms with Crippen LogP contribution in [0.2, 0.25) is 0 Å². The molecule has 0 saturated carbocycles. The second kappa shape index (κ2) is 5.19. The molecule has 0 radical (unpaired) electrons. The Morgan fingerprint density at radius 2 is 1.76 bits per heavy atom. The molecule has 2 aromatic rings. The van der Waals surface area contributed by atoms with E-state index in [1.807, 2.05) is 0 Å². The predicted octanol–water partition coefficient (Wildman–Crippen LogP) is 3.24. The number of fused-ring (bicyclic) bond motifs is 1. The van der Waals surface area contributed by atoms with E-state index >= 15 is 0 Å². The number of nitrogens with two attached hydrogens (primary N) is 1. The Bertz CT molecular complexity index is 491. The van der Waals surface area contributed by atoms with Gasteiger partial charge >= 0.3 is 0 Å². The van der Waals surface area contributed by atoms with E-state index in [0.717, 1.165) is 5.69 Å². The summed E-state index contributed by atoms with van der Waals surface area (Å²) in [6.45, 7) is 5.03. The van der Waals surface area contributed by atoms with E-state index in [0.29, 0.717) is 18.5 Å². The summed E-state index contributed by atoms with van der Waals surface area (Å²) < 4.78 is 0. The molecule has 0 bridgehead atoms. The zero-order valence-electron chi connectivity index (χ0n) is 10.5. The second-order valence-corrected chi connectivity index (χ2v) is 4.79. The molecule has 0 aliphatic carbocycles. The maximum absolute atomic E-state index is 5.77. The lowest BCUT2D eigenvalue weighted by atomic mass is 10.0. The van der Waals surface area contributed by atoms with Gasteiger partial charge in [0.25, 0.3) is 0 Å². The van der Waals surface area contributed by atoms with Gasteiger partial charge in [0.2, 0.25) is 0 Å². The van der Waals surface area contributed by atoms with E-state index in [9.17, 15) is 0 Å². The Labute approximate surface area is 103 Å². The van der Waals surface area contributed by atoms with Crippen molar-refractivity contribution in [3.05, 3.63) is 42.5 Å². The van der Waals surface area contributed by atoms with Crippen molar-refractivity contribution in [1.29, 1.82) is 0 Å². The average Bonchev–Trinajstić information content (AvgIpc) is 2.35. The van der Waals surface area contributed by atoms with Crippen LogP contribution in [0.15, 0.2) is 42.5 Å². The Balaban J connectivity index is 2.24. The van der Waals surface area contributed by atoms with Crippen molar-refractivity contribution in [2.75, 3.05) is 11.9 Å². The van der Waals surface area contributed by atoms with Gasteiger partial charge in [-0.3, -0.25) is 0 Å². The third-order valence-corrected chi connectivity index (χ3v) is 3.16. The number of anilines is 1. The molecule has 2 nitrogen and oxygen atoms in total. The van der Waals surface area contributed by atoms with Crippen LogP contribution in [0.5, 0.6) is 0 Å². The summed E-state index contributed by atoms with van der Waals surface area (Å²) in [5.41, 5.74) is 6.92. The quantitative estimate of drug-likeness (QED) is 0.843. The first-order valence-corrected chi connectivity index (χ1v) is 6.16. The highest BCUT2D eigenvalue weighted by Gasteiger charge is 2.10. The van der Waals surface area contributed by atoms with E-state index in [1.54, 1.807) is 0 Å². The minimum atomic E-state index is 0.330. The van der Waals surface area contributed by atoms with Crippen molar-refractivity contribution in [1.82, 2.24) is 0 Å². The Kier molecular flexibility index (Phi) is 3.64. The summed E-state index contributed by atoms with van der Waals surface area (Å²) in [5, 5.41) is 6.03. The fraction of sp³-hybridized carbons (Fsp3) is 0.333. The summed E-state index contributed by atoms with van der Waals surface area (Å²) in [6, 6.07) is 15.2. The fourth-order valence-corrected chi connectivity index (χ4v) is 1.99. The molecular weight excluding hydrogens is 208 g/mol. The molecule has 1 unspecified atom stereocenters. The number of benzene rings is 2. The number of rotatable bonds is 4. The normalized spacial score (nSPS) is 12.9. The van der Waals surface area contributed by atoms with Gasteiger partial charge in [0, 0.05) is 18.3 Å². The topological polar surface area (TPSA) is 38.0 Å². The Morgan fingerprint density at radius 3 is 2.41 bits per heavy atom. The summed E-state index contributed by atoms with van der Waals surface area (Å²) in [6.07, 6.45) is 0. The molecule has 2 heteroatoms. The van der Waals surface area contributed by atoms with E-state index in [-0.39, 0.29) is 0 Å². The highest BCUT2D eigenvalue weighted by atomic mass is 14.9. The maximum atomic E-state index is 5.77. The van der Waals surface area contributed by atoms with Crippen LogP contribution in [0.1, 0.15) is 13.8 Å². The maximum Gasteiger partial charge on any atom is 0.0406 e. The first-order chi connectivity index (χ1) is 8.20. The van der Waals surface area contributed by atoms with Crippen LogP contribution in [0.25, 0.3) is 10.8 Å². The van der Waals surface area contributed by atoms with Crippen LogP contribution in [0.3, 0.4) is 0 Å². The van der Waals surface area contributed by atoms with Gasteiger partial charge < -0.3 is 11.1 Å². The molecule has 0 spiro atoms. The molecule has 0 saturated heterocycles. The van der Waals surface area contributed by atoms with Gasteiger partial charge in [0.05, 0.1) is 0 Å². The zero-order chi connectivity index (χ0) is 12.3. The minimum Gasteiger partial charge on any atom is -0.381 e. The Morgan fingerprint density at radius 1 is 1.06 bits per heavy atom. The van der Waals surface area contributed by atoms with Gasteiger partial charge in [-0.25, -0.2) is 0 Å². The smallest absolute Gasteiger partial charge is 0.0406 e.